The van der Waals surface area contributed by atoms with Crippen molar-refractivity contribution >= 4 is 23.9 Å². The molecule has 0 spiro atoms. The van der Waals surface area contributed by atoms with Crippen LogP contribution in [0.2, 0.25) is 0 Å². The Morgan fingerprint density at radius 2 is 1.60 bits per heavy atom. The molecular formula is C14H15N. The topological polar surface area (TPSA) is 4.93 Å². The minimum absolute atomic E-state index is 0.798. The second kappa shape index (κ2) is 3.43. The SMILES string of the molecule is C=C(C)Cn1c(=C)c2ccccc2c1=C. The zero-order valence-corrected chi connectivity index (χ0v) is 9.09. The Balaban J connectivity index is 2.82. The number of nitrogens with zero attached hydrogens (tertiary/aromatic N) is 1. The molecule has 0 saturated carbocycles. The Bertz CT molecular complexity index is 570. The molecule has 1 heteroatoms. The van der Waals surface area contributed by atoms with E-state index in [1.807, 2.05) is 19.1 Å². The predicted octanol–water partition coefficient (Wildman–Crippen LogP) is 2.04. The first-order valence-corrected chi connectivity index (χ1v) is 5.01. The molecule has 0 amide bonds. The second-order valence-corrected chi connectivity index (χ2v) is 3.98. The summed E-state index contributed by atoms with van der Waals surface area (Å²) in [6.07, 6.45) is 0. The Labute approximate surface area is 89.7 Å². The maximum atomic E-state index is 4.10. The lowest BCUT2D eigenvalue weighted by Gasteiger charge is -2.02. The van der Waals surface area contributed by atoms with Gasteiger partial charge in [-0.2, -0.15) is 0 Å². The van der Waals surface area contributed by atoms with E-state index in [1.54, 1.807) is 0 Å². The van der Waals surface area contributed by atoms with E-state index >= 15 is 0 Å². The number of fused-ring (bicyclic) bond motifs is 1. The Kier molecular flexibility index (Phi) is 2.24. The minimum Gasteiger partial charge on any atom is -0.337 e. The number of rotatable bonds is 2. The van der Waals surface area contributed by atoms with Crippen molar-refractivity contribution in [2.45, 2.75) is 13.5 Å². The molecule has 0 aliphatic heterocycles. The van der Waals surface area contributed by atoms with E-state index in [9.17, 15) is 0 Å². The van der Waals surface area contributed by atoms with Crippen LogP contribution in [0.15, 0.2) is 36.4 Å². The number of hydrogen-bond donors (Lipinski definition) is 0. The zero-order valence-electron chi connectivity index (χ0n) is 9.09. The maximum Gasteiger partial charge on any atom is 0.0436 e. The summed E-state index contributed by atoms with van der Waals surface area (Å²) < 4.78 is 2.12. The molecule has 0 N–H and O–H groups in total. The Hall–Kier alpha value is -1.76. The van der Waals surface area contributed by atoms with Crippen molar-refractivity contribution in [3.63, 3.8) is 0 Å². The first-order valence-electron chi connectivity index (χ1n) is 5.01. The summed E-state index contributed by atoms with van der Waals surface area (Å²) in [5, 5.41) is 4.42. The quantitative estimate of drug-likeness (QED) is 0.649. The summed E-state index contributed by atoms with van der Waals surface area (Å²) in [5.74, 6) is 0. The van der Waals surface area contributed by atoms with Crippen LogP contribution in [0.5, 0.6) is 0 Å². The molecule has 1 aromatic heterocycles. The number of allylic oxidation sites excluding steroid dienone is 1. The molecule has 2 rings (SSSR count). The van der Waals surface area contributed by atoms with Crippen molar-refractivity contribution in [3.05, 3.63) is 47.1 Å². The third-order valence-electron chi connectivity index (χ3n) is 2.63. The number of benzene rings is 1. The maximum absolute atomic E-state index is 4.10. The Morgan fingerprint density at radius 3 is 2.00 bits per heavy atom. The van der Waals surface area contributed by atoms with Crippen molar-refractivity contribution in [1.29, 1.82) is 0 Å². The van der Waals surface area contributed by atoms with Gasteiger partial charge in [-0.05, 0) is 6.92 Å². The van der Waals surface area contributed by atoms with E-state index < -0.39 is 0 Å². The minimum atomic E-state index is 0.798. The molecule has 0 atom stereocenters. The highest BCUT2D eigenvalue weighted by atomic mass is 15.0. The number of aromatic nitrogens is 1. The van der Waals surface area contributed by atoms with Gasteiger partial charge in [0.15, 0.2) is 0 Å². The van der Waals surface area contributed by atoms with Crippen LogP contribution in [0, 0.1) is 0 Å². The van der Waals surface area contributed by atoms with Crippen molar-refractivity contribution in [1.82, 2.24) is 4.57 Å². The molecule has 0 aliphatic carbocycles. The van der Waals surface area contributed by atoms with Crippen LogP contribution in [-0.4, -0.2) is 4.57 Å². The van der Waals surface area contributed by atoms with Gasteiger partial charge < -0.3 is 4.57 Å². The number of hydrogen-bond acceptors (Lipinski definition) is 0. The van der Waals surface area contributed by atoms with Gasteiger partial charge in [-0.3, -0.25) is 0 Å². The smallest absolute Gasteiger partial charge is 0.0436 e. The van der Waals surface area contributed by atoms with E-state index in [2.05, 4.69) is 36.4 Å². The van der Waals surface area contributed by atoms with Crippen molar-refractivity contribution in [2.75, 3.05) is 0 Å². The third-order valence-corrected chi connectivity index (χ3v) is 2.63. The molecule has 1 heterocycles. The van der Waals surface area contributed by atoms with Gasteiger partial charge in [0.2, 0.25) is 0 Å². The lowest BCUT2D eigenvalue weighted by Crippen LogP contribution is -2.25. The van der Waals surface area contributed by atoms with Crippen LogP contribution in [0.25, 0.3) is 23.9 Å². The van der Waals surface area contributed by atoms with E-state index in [-0.39, 0.29) is 0 Å². The van der Waals surface area contributed by atoms with Gasteiger partial charge in [0.25, 0.3) is 0 Å². The van der Waals surface area contributed by atoms with Crippen LogP contribution in [0.4, 0.5) is 0 Å². The van der Waals surface area contributed by atoms with Crippen LogP contribution in [-0.2, 0) is 6.54 Å². The molecule has 76 valence electrons. The standard InChI is InChI=1S/C14H15N/c1-10(2)9-15-11(3)13-7-5-6-8-14(13)12(15)4/h5-8H,1,3-4,9H2,2H3. The van der Waals surface area contributed by atoms with Gasteiger partial charge in [0, 0.05) is 28.0 Å². The molecule has 2 aromatic rings. The van der Waals surface area contributed by atoms with Gasteiger partial charge in [0.05, 0.1) is 0 Å². The molecule has 0 bridgehead atoms. The van der Waals surface area contributed by atoms with Gasteiger partial charge >= 0.3 is 0 Å². The van der Waals surface area contributed by atoms with Crippen molar-refractivity contribution in [3.8, 4) is 0 Å². The molecule has 0 unspecified atom stereocenters. The normalized spacial score (nSPS) is 10.7. The largest absolute Gasteiger partial charge is 0.337 e. The van der Waals surface area contributed by atoms with Crippen LogP contribution >= 0.6 is 0 Å². The van der Waals surface area contributed by atoms with Crippen molar-refractivity contribution in [2.24, 2.45) is 0 Å². The fraction of sp³-hybridized carbons (Fsp3) is 0.143. The first-order chi connectivity index (χ1) is 7.11. The van der Waals surface area contributed by atoms with E-state index in [0.717, 1.165) is 22.8 Å². The fourth-order valence-corrected chi connectivity index (χ4v) is 1.90. The van der Waals surface area contributed by atoms with Crippen LogP contribution in [0.1, 0.15) is 6.92 Å². The van der Waals surface area contributed by atoms with Gasteiger partial charge in [-0.25, -0.2) is 0 Å². The molecule has 0 saturated heterocycles. The predicted molar refractivity (Wildman–Crippen MR) is 67.0 cm³/mol. The van der Waals surface area contributed by atoms with Crippen molar-refractivity contribution < 1.29 is 0 Å². The molecule has 0 fully saturated rings. The lowest BCUT2D eigenvalue weighted by molar-refractivity contribution is 0.754. The van der Waals surface area contributed by atoms with E-state index in [1.165, 1.54) is 10.8 Å². The summed E-state index contributed by atoms with van der Waals surface area (Å²) in [4.78, 5) is 0. The van der Waals surface area contributed by atoms with E-state index in [0.29, 0.717) is 0 Å². The zero-order chi connectivity index (χ0) is 11.0. The summed E-state index contributed by atoms with van der Waals surface area (Å²) >= 11 is 0. The van der Waals surface area contributed by atoms with Crippen LogP contribution < -0.4 is 10.7 Å². The molecule has 1 nitrogen and oxygen atoms in total. The molecule has 15 heavy (non-hydrogen) atoms. The first kappa shape index (κ1) is 9.78. The average molecular weight is 197 g/mol. The highest BCUT2D eigenvalue weighted by Gasteiger charge is 2.03. The summed E-state index contributed by atoms with van der Waals surface area (Å²) in [5.41, 5.74) is 1.12. The summed E-state index contributed by atoms with van der Waals surface area (Å²) in [6, 6.07) is 8.23. The third kappa shape index (κ3) is 1.50. The second-order valence-electron chi connectivity index (χ2n) is 3.98. The molecule has 0 radical (unpaired) electrons. The highest BCUT2D eigenvalue weighted by molar-refractivity contribution is 5.83. The lowest BCUT2D eigenvalue weighted by atomic mass is 10.2. The summed E-state index contributed by atoms with van der Waals surface area (Å²) in [6.45, 7) is 15.0. The highest BCUT2D eigenvalue weighted by Crippen LogP contribution is 2.05. The summed E-state index contributed by atoms with van der Waals surface area (Å²) in [7, 11) is 0. The molecular weight excluding hydrogens is 182 g/mol. The Morgan fingerprint density at radius 1 is 1.13 bits per heavy atom. The molecule has 1 aromatic carbocycles. The van der Waals surface area contributed by atoms with Gasteiger partial charge in [-0.15, -0.1) is 0 Å². The fourth-order valence-electron chi connectivity index (χ4n) is 1.90. The van der Waals surface area contributed by atoms with E-state index in [4.69, 9.17) is 0 Å². The monoisotopic (exact) mass is 197 g/mol. The average Bonchev–Trinajstić information content (AvgIpc) is 2.44. The molecule has 0 aliphatic rings. The van der Waals surface area contributed by atoms with Gasteiger partial charge in [0.1, 0.15) is 0 Å². The van der Waals surface area contributed by atoms with Gasteiger partial charge in [-0.1, -0.05) is 49.6 Å². The van der Waals surface area contributed by atoms with Crippen LogP contribution in [0.3, 0.4) is 0 Å².